The Morgan fingerprint density at radius 1 is 1.00 bits per heavy atom. The number of nitrogens with one attached hydrogen (secondary N) is 3. The van der Waals surface area contributed by atoms with Crippen molar-refractivity contribution >= 4 is 17.6 Å². The summed E-state index contributed by atoms with van der Waals surface area (Å²) in [5.41, 5.74) is 5.82. The molecule has 0 unspecified atom stereocenters. The maximum Gasteiger partial charge on any atom is 0.252 e. The minimum absolute atomic E-state index is 0.0428. The number of aromatic nitrogens is 2. The first-order valence-corrected chi connectivity index (χ1v) is 12.8. The number of Topliss-reactive ketones (excluding diaryl/α,β-unsaturated/α-hetero) is 1. The molecule has 40 heavy (non-hydrogen) atoms. The van der Waals surface area contributed by atoms with Crippen molar-refractivity contribution in [3.8, 4) is 22.9 Å². The van der Waals surface area contributed by atoms with Crippen LogP contribution in [-0.4, -0.2) is 34.1 Å². The van der Waals surface area contributed by atoms with E-state index in [0.29, 0.717) is 47.0 Å². The summed E-state index contributed by atoms with van der Waals surface area (Å²) >= 11 is 0. The van der Waals surface area contributed by atoms with Crippen molar-refractivity contribution in [2.45, 2.75) is 32.6 Å². The lowest BCUT2D eigenvalue weighted by Gasteiger charge is -2.08. The third kappa shape index (κ3) is 7.84. The van der Waals surface area contributed by atoms with Crippen LogP contribution in [0.2, 0.25) is 0 Å². The molecule has 206 valence electrons. The van der Waals surface area contributed by atoms with E-state index < -0.39 is 0 Å². The fourth-order valence-electron chi connectivity index (χ4n) is 4.07. The molecule has 0 saturated heterocycles. The number of benzene rings is 2. The number of carbonyl (C=O) groups excluding carboxylic acids is 3. The Hall–Kier alpha value is -4.83. The Morgan fingerprint density at radius 2 is 1.80 bits per heavy atom. The number of ketones is 1. The number of nitrogens with two attached hydrogens (primary N) is 1. The molecular formula is C30H30FN5O4. The largest absolute Gasteiger partial charge is 0.457 e. The normalized spacial score (nSPS) is 10.7. The number of aryl methyl sites for hydroxylation is 1. The smallest absolute Gasteiger partial charge is 0.252 e. The molecule has 4 rings (SSSR count). The standard InChI is InChI=1S/C30H30FN5O4/c1-19-4-9-26(31)21(13-19)15-23(37)14-20-5-7-24(8-6-20)40-25-10-12-33-28(17-25)27-16-22(18-35-27)30(39)34-11-2-3-29(38)36-32/h4-10,12-13,16-18,35H,2-3,11,14-15,32H2,1H3,(H,34,39)(H,36,38). The highest BCUT2D eigenvalue weighted by molar-refractivity contribution is 5.95. The van der Waals surface area contributed by atoms with Crippen LogP contribution in [0.25, 0.3) is 11.4 Å². The van der Waals surface area contributed by atoms with E-state index in [4.69, 9.17) is 10.6 Å². The predicted octanol–water partition coefficient (Wildman–Crippen LogP) is 4.17. The monoisotopic (exact) mass is 543 g/mol. The predicted molar refractivity (Wildman–Crippen MR) is 148 cm³/mol. The van der Waals surface area contributed by atoms with Gasteiger partial charge in [0.15, 0.2) is 0 Å². The number of aromatic amines is 1. The molecule has 0 radical (unpaired) electrons. The summed E-state index contributed by atoms with van der Waals surface area (Å²) in [5.74, 6) is 5.16. The molecule has 2 heterocycles. The zero-order valence-electron chi connectivity index (χ0n) is 22.0. The molecule has 0 fully saturated rings. The Balaban J connectivity index is 1.32. The maximum absolute atomic E-state index is 14.0. The average molecular weight is 544 g/mol. The summed E-state index contributed by atoms with van der Waals surface area (Å²) in [6.45, 7) is 2.20. The van der Waals surface area contributed by atoms with E-state index in [1.807, 2.05) is 12.3 Å². The van der Waals surface area contributed by atoms with Gasteiger partial charge in [-0.15, -0.1) is 0 Å². The van der Waals surface area contributed by atoms with Gasteiger partial charge in [-0.05, 0) is 54.8 Å². The Labute approximate surface area is 230 Å². The first-order valence-electron chi connectivity index (χ1n) is 12.8. The number of H-pyrrole nitrogens is 1. The van der Waals surface area contributed by atoms with Crippen molar-refractivity contribution in [1.29, 1.82) is 0 Å². The van der Waals surface area contributed by atoms with Crippen molar-refractivity contribution in [3.63, 3.8) is 0 Å². The summed E-state index contributed by atoms with van der Waals surface area (Å²) in [5, 5.41) is 2.76. The number of nitrogens with zero attached hydrogens (tertiary/aromatic N) is 1. The highest BCUT2D eigenvalue weighted by atomic mass is 19.1. The van der Waals surface area contributed by atoms with E-state index >= 15 is 0 Å². The lowest BCUT2D eigenvalue weighted by Crippen LogP contribution is -2.31. The van der Waals surface area contributed by atoms with E-state index in [-0.39, 0.29) is 42.7 Å². The second-order valence-corrected chi connectivity index (χ2v) is 9.34. The Kier molecular flexibility index (Phi) is 9.37. The molecule has 0 aliphatic carbocycles. The molecule has 2 aromatic carbocycles. The van der Waals surface area contributed by atoms with Crippen LogP contribution in [0, 0.1) is 12.7 Å². The second kappa shape index (κ2) is 13.3. The number of pyridine rings is 1. The van der Waals surface area contributed by atoms with Gasteiger partial charge in [0.2, 0.25) is 5.91 Å². The lowest BCUT2D eigenvalue weighted by molar-refractivity contribution is -0.121. The van der Waals surface area contributed by atoms with Gasteiger partial charge in [-0.3, -0.25) is 24.8 Å². The minimum Gasteiger partial charge on any atom is -0.457 e. The van der Waals surface area contributed by atoms with Crippen LogP contribution in [0.3, 0.4) is 0 Å². The zero-order chi connectivity index (χ0) is 28.5. The summed E-state index contributed by atoms with van der Waals surface area (Å²) in [4.78, 5) is 43.4. The van der Waals surface area contributed by atoms with E-state index in [2.05, 4.69) is 15.3 Å². The van der Waals surface area contributed by atoms with Crippen LogP contribution in [0.5, 0.6) is 11.5 Å². The van der Waals surface area contributed by atoms with Crippen LogP contribution < -0.4 is 21.3 Å². The lowest BCUT2D eigenvalue weighted by atomic mass is 10.0. The maximum atomic E-state index is 14.0. The molecule has 0 atom stereocenters. The number of halogens is 1. The van der Waals surface area contributed by atoms with Gasteiger partial charge in [0, 0.05) is 44.3 Å². The van der Waals surface area contributed by atoms with E-state index in [1.54, 1.807) is 67.0 Å². The number of hydrogen-bond acceptors (Lipinski definition) is 6. The Morgan fingerprint density at radius 3 is 2.58 bits per heavy atom. The zero-order valence-corrected chi connectivity index (χ0v) is 22.0. The fraction of sp³-hybridized carbons (Fsp3) is 0.200. The SMILES string of the molecule is Cc1ccc(F)c(CC(=O)Cc2ccc(Oc3ccnc(-c4cc(C(=O)NCCCC(=O)NN)c[nH]4)c3)cc2)c1. The molecule has 10 heteroatoms. The topological polar surface area (TPSA) is 139 Å². The first-order chi connectivity index (χ1) is 19.3. The molecule has 9 nitrogen and oxygen atoms in total. The van der Waals surface area contributed by atoms with Crippen LogP contribution in [-0.2, 0) is 22.4 Å². The molecule has 2 aromatic heterocycles. The van der Waals surface area contributed by atoms with Crippen molar-refractivity contribution < 1.29 is 23.5 Å². The van der Waals surface area contributed by atoms with Gasteiger partial charge in [0.25, 0.3) is 5.91 Å². The molecule has 5 N–H and O–H groups in total. The number of rotatable bonds is 12. The first kappa shape index (κ1) is 28.2. The molecule has 0 aliphatic heterocycles. The number of ether oxygens (including phenoxy) is 1. The van der Waals surface area contributed by atoms with Gasteiger partial charge in [-0.25, -0.2) is 10.2 Å². The second-order valence-electron chi connectivity index (χ2n) is 9.34. The number of hydrogen-bond donors (Lipinski definition) is 4. The quantitative estimate of drug-likeness (QED) is 0.0916. The van der Waals surface area contributed by atoms with Gasteiger partial charge in [-0.2, -0.15) is 0 Å². The molecule has 0 bridgehead atoms. The summed E-state index contributed by atoms with van der Waals surface area (Å²) in [6.07, 6.45) is 4.12. The summed E-state index contributed by atoms with van der Waals surface area (Å²) in [6, 6.07) is 17.1. The number of amides is 2. The van der Waals surface area contributed by atoms with Crippen molar-refractivity contribution in [2.24, 2.45) is 5.84 Å². The summed E-state index contributed by atoms with van der Waals surface area (Å²) < 4.78 is 19.9. The molecule has 0 spiro atoms. The van der Waals surface area contributed by atoms with Gasteiger partial charge in [0.05, 0.1) is 17.0 Å². The third-order valence-electron chi connectivity index (χ3n) is 6.13. The minimum atomic E-state index is -0.371. The Bertz CT molecular complexity index is 1500. The molecular weight excluding hydrogens is 513 g/mol. The molecule has 2 amide bonds. The number of hydrazine groups is 1. The molecule has 0 aliphatic rings. The van der Waals surface area contributed by atoms with Crippen LogP contribution >= 0.6 is 0 Å². The van der Waals surface area contributed by atoms with E-state index in [9.17, 15) is 18.8 Å². The highest BCUT2D eigenvalue weighted by Gasteiger charge is 2.12. The van der Waals surface area contributed by atoms with Gasteiger partial charge in [-0.1, -0.05) is 29.8 Å². The van der Waals surface area contributed by atoms with Gasteiger partial charge < -0.3 is 15.0 Å². The van der Waals surface area contributed by atoms with E-state index in [1.165, 1.54) is 6.07 Å². The van der Waals surface area contributed by atoms with Crippen LogP contribution in [0.4, 0.5) is 4.39 Å². The van der Waals surface area contributed by atoms with Crippen molar-refractivity contribution in [1.82, 2.24) is 20.7 Å². The van der Waals surface area contributed by atoms with Gasteiger partial charge in [0.1, 0.15) is 23.1 Å². The highest BCUT2D eigenvalue weighted by Crippen LogP contribution is 2.26. The molecule has 0 saturated carbocycles. The van der Waals surface area contributed by atoms with Crippen molar-refractivity contribution in [2.75, 3.05) is 6.54 Å². The van der Waals surface area contributed by atoms with Crippen LogP contribution in [0.1, 0.15) is 39.9 Å². The van der Waals surface area contributed by atoms with Crippen molar-refractivity contribution in [3.05, 3.63) is 101 Å². The average Bonchev–Trinajstić information content (AvgIpc) is 3.45. The van der Waals surface area contributed by atoms with Crippen LogP contribution in [0.15, 0.2) is 73.1 Å². The fourth-order valence-corrected chi connectivity index (χ4v) is 4.07. The third-order valence-corrected chi connectivity index (χ3v) is 6.13. The summed E-state index contributed by atoms with van der Waals surface area (Å²) in [7, 11) is 0. The number of carbonyl (C=O) groups is 3. The molecule has 4 aromatic rings. The van der Waals surface area contributed by atoms with E-state index in [0.717, 1.165) is 11.1 Å². The van der Waals surface area contributed by atoms with Gasteiger partial charge >= 0.3 is 0 Å².